The van der Waals surface area contributed by atoms with Gasteiger partial charge < -0.3 is 4.98 Å². The van der Waals surface area contributed by atoms with Crippen LogP contribution < -0.4 is 0 Å². The predicted molar refractivity (Wildman–Crippen MR) is 69.3 cm³/mol. The van der Waals surface area contributed by atoms with Crippen LogP contribution >= 0.6 is 23.2 Å². The maximum absolute atomic E-state index is 6.13. The van der Waals surface area contributed by atoms with Crippen LogP contribution in [0.5, 0.6) is 0 Å². The number of hydrogen-bond acceptors (Lipinski definition) is 2. The minimum absolute atomic E-state index is 0.574. The van der Waals surface area contributed by atoms with E-state index in [-0.39, 0.29) is 0 Å². The fourth-order valence-electron chi connectivity index (χ4n) is 1.67. The highest BCUT2D eigenvalue weighted by Gasteiger charge is 2.09. The number of nitrogens with zero attached hydrogens (tertiary/aromatic N) is 2. The summed E-state index contributed by atoms with van der Waals surface area (Å²) in [7, 11) is 0. The highest BCUT2D eigenvalue weighted by atomic mass is 35.5. The first-order chi connectivity index (χ1) is 8.24. The van der Waals surface area contributed by atoms with Crippen molar-refractivity contribution in [2.45, 2.75) is 0 Å². The lowest BCUT2D eigenvalue weighted by Crippen LogP contribution is -1.81. The zero-order valence-corrected chi connectivity index (χ0v) is 10.1. The molecule has 3 aromatic rings. The smallest absolute Gasteiger partial charge is 0.140 e. The van der Waals surface area contributed by atoms with Gasteiger partial charge in [0.2, 0.25) is 0 Å². The number of pyridine rings is 1. The predicted octanol–water partition coefficient (Wildman–Crippen LogP) is 3.93. The molecule has 0 aliphatic heterocycles. The number of fused-ring (bicyclic) bond motifs is 1. The largest absolute Gasteiger partial charge is 0.338 e. The summed E-state index contributed by atoms with van der Waals surface area (Å²) in [4.78, 5) is 11.6. The molecule has 3 nitrogen and oxygen atoms in total. The maximum atomic E-state index is 6.13. The van der Waals surface area contributed by atoms with Crippen LogP contribution in [0.15, 0.2) is 36.7 Å². The van der Waals surface area contributed by atoms with Crippen molar-refractivity contribution in [3.63, 3.8) is 0 Å². The third-order valence-electron chi connectivity index (χ3n) is 2.47. The summed E-state index contributed by atoms with van der Waals surface area (Å²) in [6, 6.07) is 7.20. The number of rotatable bonds is 1. The van der Waals surface area contributed by atoms with Gasteiger partial charge in [0.1, 0.15) is 11.3 Å². The Labute approximate surface area is 107 Å². The fourth-order valence-corrected chi connectivity index (χ4v) is 2.16. The van der Waals surface area contributed by atoms with Crippen LogP contribution in [0.4, 0.5) is 0 Å². The molecule has 1 aromatic carbocycles. The number of nitrogens with one attached hydrogen (secondary N) is 1. The first-order valence-electron chi connectivity index (χ1n) is 4.99. The molecule has 84 valence electrons. The van der Waals surface area contributed by atoms with Crippen LogP contribution in [0, 0.1) is 0 Å². The van der Waals surface area contributed by atoms with Gasteiger partial charge in [-0.1, -0.05) is 23.2 Å². The lowest BCUT2D eigenvalue weighted by Gasteiger charge is -2.00. The zero-order chi connectivity index (χ0) is 11.8. The van der Waals surface area contributed by atoms with Crippen LogP contribution in [0.3, 0.4) is 0 Å². The molecule has 3 rings (SSSR count). The molecule has 0 atom stereocenters. The van der Waals surface area contributed by atoms with Crippen molar-refractivity contribution in [3.8, 4) is 11.4 Å². The van der Waals surface area contributed by atoms with Gasteiger partial charge in [0.05, 0.1) is 16.7 Å². The lowest BCUT2D eigenvalue weighted by atomic mass is 10.2. The number of H-pyrrole nitrogens is 1. The third kappa shape index (κ3) is 1.88. The number of hydrogen-bond donors (Lipinski definition) is 1. The van der Waals surface area contributed by atoms with Gasteiger partial charge in [-0.2, -0.15) is 0 Å². The molecule has 17 heavy (non-hydrogen) atoms. The molecule has 0 saturated carbocycles. The van der Waals surface area contributed by atoms with E-state index >= 15 is 0 Å². The first-order valence-corrected chi connectivity index (χ1v) is 5.75. The van der Waals surface area contributed by atoms with Crippen LogP contribution in [0.25, 0.3) is 22.4 Å². The molecule has 0 fully saturated rings. The van der Waals surface area contributed by atoms with Crippen LogP contribution in [-0.2, 0) is 0 Å². The molecule has 1 N–H and O–H groups in total. The van der Waals surface area contributed by atoms with Crippen molar-refractivity contribution in [3.05, 3.63) is 46.7 Å². The molecule has 0 bridgehead atoms. The summed E-state index contributed by atoms with van der Waals surface area (Å²) in [5.74, 6) is 0.717. The van der Waals surface area contributed by atoms with E-state index in [1.807, 2.05) is 12.1 Å². The average Bonchev–Trinajstić information content (AvgIpc) is 2.72. The van der Waals surface area contributed by atoms with Crippen molar-refractivity contribution < 1.29 is 0 Å². The Kier molecular flexibility index (Phi) is 2.50. The van der Waals surface area contributed by atoms with Gasteiger partial charge in [-0.3, -0.25) is 4.98 Å². The Morgan fingerprint density at radius 3 is 2.76 bits per heavy atom. The van der Waals surface area contributed by atoms with E-state index in [4.69, 9.17) is 23.2 Å². The Balaban J connectivity index is 2.20. The maximum Gasteiger partial charge on any atom is 0.140 e. The molecule has 0 radical (unpaired) electrons. The summed E-state index contributed by atoms with van der Waals surface area (Å²) in [5, 5.41) is 1.18. The van der Waals surface area contributed by atoms with Gasteiger partial charge >= 0.3 is 0 Å². The quantitative estimate of drug-likeness (QED) is 0.723. The van der Waals surface area contributed by atoms with Crippen molar-refractivity contribution in [2.75, 3.05) is 0 Å². The van der Waals surface area contributed by atoms with Crippen LogP contribution in [-0.4, -0.2) is 15.0 Å². The van der Waals surface area contributed by atoms with Crippen LogP contribution in [0.1, 0.15) is 0 Å². The molecular weight excluding hydrogens is 257 g/mol. The SMILES string of the molecule is Clc1ccc(-c2nc3cnccc3[nH]2)c(Cl)c1. The molecule has 0 saturated heterocycles. The van der Waals surface area contributed by atoms with E-state index in [9.17, 15) is 0 Å². The van der Waals surface area contributed by atoms with E-state index in [1.54, 1.807) is 24.5 Å². The Morgan fingerprint density at radius 1 is 1.12 bits per heavy atom. The molecule has 0 unspecified atom stereocenters. The van der Waals surface area contributed by atoms with Gasteiger partial charge in [-0.05, 0) is 24.3 Å². The van der Waals surface area contributed by atoms with E-state index in [1.165, 1.54) is 0 Å². The zero-order valence-electron chi connectivity index (χ0n) is 8.61. The van der Waals surface area contributed by atoms with Crippen molar-refractivity contribution in [1.82, 2.24) is 15.0 Å². The Hall–Kier alpha value is -1.58. The van der Waals surface area contributed by atoms with E-state index in [0.29, 0.717) is 10.0 Å². The van der Waals surface area contributed by atoms with Gasteiger partial charge in [0.15, 0.2) is 0 Å². The molecule has 0 aliphatic rings. The normalized spacial score (nSPS) is 10.9. The van der Waals surface area contributed by atoms with E-state index < -0.39 is 0 Å². The number of benzene rings is 1. The summed E-state index contributed by atoms with van der Waals surface area (Å²) < 4.78 is 0. The van der Waals surface area contributed by atoms with E-state index in [2.05, 4.69) is 15.0 Å². The fraction of sp³-hybridized carbons (Fsp3) is 0. The second-order valence-electron chi connectivity index (χ2n) is 3.60. The molecule has 5 heteroatoms. The minimum Gasteiger partial charge on any atom is -0.338 e. The van der Waals surface area contributed by atoms with Gasteiger partial charge in [0.25, 0.3) is 0 Å². The molecule has 2 aromatic heterocycles. The monoisotopic (exact) mass is 263 g/mol. The topological polar surface area (TPSA) is 41.6 Å². The summed E-state index contributed by atoms with van der Waals surface area (Å²) >= 11 is 12.0. The highest BCUT2D eigenvalue weighted by Crippen LogP contribution is 2.29. The molecule has 0 spiro atoms. The summed E-state index contributed by atoms with van der Waals surface area (Å²) in [5.41, 5.74) is 2.57. The van der Waals surface area contributed by atoms with E-state index in [0.717, 1.165) is 22.4 Å². The molecule has 0 amide bonds. The number of aromatic amines is 1. The van der Waals surface area contributed by atoms with Crippen molar-refractivity contribution in [1.29, 1.82) is 0 Å². The van der Waals surface area contributed by atoms with Gasteiger partial charge in [-0.25, -0.2) is 4.98 Å². The van der Waals surface area contributed by atoms with Crippen LogP contribution in [0.2, 0.25) is 10.0 Å². The first kappa shape index (κ1) is 10.6. The minimum atomic E-state index is 0.574. The standard InChI is InChI=1S/C12H7Cl2N3/c13-7-1-2-8(9(14)5-7)12-16-10-3-4-15-6-11(10)17-12/h1-6H,(H,16,17). The number of halogens is 2. The number of imidazole rings is 1. The van der Waals surface area contributed by atoms with Gasteiger partial charge in [-0.15, -0.1) is 0 Å². The second-order valence-corrected chi connectivity index (χ2v) is 4.45. The Bertz CT molecular complexity index is 658. The second kappa shape index (κ2) is 4.02. The third-order valence-corrected chi connectivity index (χ3v) is 3.02. The van der Waals surface area contributed by atoms with Gasteiger partial charge in [0, 0.05) is 16.8 Å². The number of aromatic nitrogens is 3. The summed E-state index contributed by atoms with van der Waals surface area (Å²) in [6.07, 6.45) is 3.42. The molecule has 0 aliphatic carbocycles. The average molecular weight is 264 g/mol. The molecular formula is C12H7Cl2N3. The Morgan fingerprint density at radius 2 is 2.00 bits per heavy atom. The summed E-state index contributed by atoms with van der Waals surface area (Å²) in [6.45, 7) is 0. The highest BCUT2D eigenvalue weighted by molar-refractivity contribution is 6.36. The lowest BCUT2D eigenvalue weighted by molar-refractivity contribution is 1.33. The van der Waals surface area contributed by atoms with Crippen molar-refractivity contribution in [2.24, 2.45) is 0 Å². The molecule has 2 heterocycles. The van der Waals surface area contributed by atoms with Crippen molar-refractivity contribution >= 4 is 34.2 Å².